The molecule has 2 aromatic carbocycles. The largest absolute Gasteiger partial charge is 0.497 e. The molecule has 4 rings (SSSR count). The van der Waals surface area contributed by atoms with E-state index in [4.69, 9.17) is 9.26 Å². The number of nitrogens with zero attached hydrogens (tertiary/aromatic N) is 2. The van der Waals surface area contributed by atoms with Crippen molar-refractivity contribution in [1.29, 1.82) is 0 Å². The molecule has 0 radical (unpaired) electrons. The average molecular weight is 319 g/mol. The number of fused-ring (bicyclic) bond motifs is 1. The van der Waals surface area contributed by atoms with Gasteiger partial charge in [0.05, 0.1) is 12.7 Å². The van der Waals surface area contributed by atoms with Gasteiger partial charge in [-0.3, -0.25) is 4.79 Å². The van der Waals surface area contributed by atoms with Crippen LogP contribution < -0.4 is 10.3 Å². The minimum Gasteiger partial charge on any atom is -0.497 e. The summed E-state index contributed by atoms with van der Waals surface area (Å²) < 4.78 is 10.5. The van der Waals surface area contributed by atoms with Gasteiger partial charge in [-0.2, -0.15) is 4.98 Å². The van der Waals surface area contributed by atoms with Crippen molar-refractivity contribution in [2.45, 2.75) is 0 Å². The van der Waals surface area contributed by atoms with Gasteiger partial charge < -0.3 is 14.2 Å². The summed E-state index contributed by atoms with van der Waals surface area (Å²) in [5.41, 5.74) is 1.60. The van der Waals surface area contributed by atoms with Crippen LogP contribution in [-0.2, 0) is 0 Å². The average Bonchev–Trinajstić information content (AvgIpc) is 3.11. The molecule has 0 aliphatic rings. The van der Waals surface area contributed by atoms with Crippen molar-refractivity contribution in [2.24, 2.45) is 0 Å². The molecule has 2 heterocycles. The van der Waals surface area contributed by atoms with Gasteiger partial charge in [0.15, 0.2) is 0 Å². The summed E-state index contributed by atoms with van der Waals surface area (Å²) in [7, 11) is 1.59. The Morgan fingerprint density at radius 2 is 1.96 bits per heavy atom. The van der Waals surface area contributed by atoms with Crippen molar-refractivity contribution in [2.75, 3.05) is 7.11 Å². The lowest BCUT2D eigenvalue weighted by Gasteiger charge is -2.00. The molecular formula is C18H13N3O3. The van der Waals surface area contributed by atoms with E-state index in [1.165, 1.54) is 0 Å². The Balaban J connectivity index is 1.80. The summed E-state index contributed by atoms with van der Waals surface area (Å²) in [5.74, 6) is 1.27. The highest BCUT2D eigenvalue weighted by atomic mass is 16.5. The molecule has 0 atom stereocenters. The molecule has 0 amide bonds. The monoisotopic (exact) mass is 319 g/mol. The molecule has 6 heteroatoms. The van der Waals surface area contributed by atoms with Gasteiger partial charge in [0.25, 0.3) is 11.4 Å². The lowest BCUT2D eigenvalue weighted by atomic mass is 10.1. The topological polar surface area (TPSA) is 81.0 Å². The lowest BCUT2D eigenvalue weighted by molar-refractivity contribution is 0.413. The van der Waals surface area contributed by atoms with Crippen molar-refractivity contribution >= 4 is 10.9 Å². The fraction of sp³-hybridized carbons (Fsp3) is 0.0556. The van der Waals surface area contributed by atoms with Crippen LogP contribution in [0.5, 0.6) is 5.75 Å². The number of nitrogens with one attached hydrogen (secondary N) is 1. The summed E-state index contributed by atoms with van der Waals surface area (Å²) in [4.78, 5) is 19.4. The molecular weight excluding hydrogens is 306 g/mol. The number of aromatic nitrogens is 3. The molecule has 0 aliphatic carbocycles. The number of aromatic amines is 1. The van der Waals surface area contributed by atoms with Gasteiger partial charge in [-0.1, -0.05) is 29.4 Å². The highest BCUT2D eigenvalue weighted by molar-refractivity contribution is 5.82. The zero-order valence-corrected chi connectivity index (χ0v) is 12.8. The molecule has 0 bridgehead atoms. The zero-order valence-electron chi connectivity index (χ0n) is 12.8. The Bertz CT molecular complexity index is 1080. The molecule has 4 aromatic rings. The van der Waals surface area contributed by atoms with Crippen LogP contribution in [0.2, 0.25) is 0 Å². The second-order valence-electron chi connectivity index (χ2n) is 5.25. The Morgan fingerprint density at radius 1 is 1.08 bits per heavy atom. The number of benzene rings is 2. The standard InChI is InChI=1S/C18H13N3O3/c1-23-13-7-4-6-12(9-13)18-20-16(21-24-18)14-10-11-5-2-3-8-15(11)19-17(14)22/h2-10H,1H3,(H,19,22). The number of methoxy groups -OCH3 is 1. The first-order valence-corrected chi connectivity index (χ1v) is 7.35. The van der Waals surface area contributed by atoms with Gasteiger partial charge in [-0.15, -0.1) is 0 Å². The van der Waals surface area contributed by atoms with E-state index in [-0.39, 0.29) is 11.4 Å². The van der Waals surface area contributed by atoms with Crippen molar-refractivity contribution in [1.82, 2.24) is 15.1 Å². The second kappa shape index (κ2) is 5.66. The maximum absolute atomic E-state index is 12.3. The number of pyridine rings is 1. The fourth-order valence-electron chi connectivity index (χ4n) is 2.52. The number of hydrogen-bond acceptors (Lipinski definition) is 5. The van der Waals surface area contributed by atoms with E-state index in [9.17, 15) is 4.79 Å². The number of para-hydroxylation sites is 1. The van der Waals surface area contributed by atoms with Crippen LogP contribution in [0.1, 0.15) is 0 Å². The van der Waals surface area contributed by atoms with Crippen molar-refractivity contribution in [3.63, 3.8) is 0 Å². The van der Waals surface area contributed by atoms with Crippen LogP contribution in [0, 0.1) is 0 Å². The Labute approximate surface area is 136 Å². The van der Waals surface area contributed by atoms with E-state index in [2.05, 4.69) is 15.1 Å². The number of H-pyrrole nitrogens is 1. The highest BCUT2D eigenvalue weighted by Crippen LogP contribution is 2.24. The maximum atomic E-state index is 12.3. The van der Waals surface area contributed by atoms with Crippen LogP contribution in [0.15, 0.2) is 63.9 Å². The molecule has 0 saturated carbocycles. The minimum atomic E-state index is -0.258. The SMILES string of the molecule is COc1cccc(-c2nc(-c3cc4ccccc4[nH]c3=O)no2)c1. The zero-order chi connectivity index (χ0) is 16.5. The molecule has 6 nitrogen and oxygen atoms in total. The lowest BCUT2D eigenvalue weighted by Crippen LogP contribution is -2.09. The highest BCUT2D eigenvalue weighted by Gasteiger charge is 2.14. The number of ether oxygens (including phenoxy) is 1. The number of rotatable bonds is 3. The molecule has 1 N–H and O–H groups in total. The van der Waals surface area contributed by atoms with Gasteiger partial charge >= 0.3 is 0 Å². The van der Waals surface area contributed by atoms with Crippen LogP contribution in [0.4, 0.5) is 0 Å². The van der Waals surface area contributed by atoms with Crippen molar-refractivity contribution in [3.8, 4) is 28.6 Å². The van der Waals surface area contributed by atoms with E-state index in [1.807, 2.05) is 42.5 Å². The summed E-state index contributed by atoms with van der Waals surface area (Å²) in [6, 6.07) is 16.6. The maximum Gasteiger partial charge on any atom is 0.259 e. The fourth-order valence-corrected chi connectivity index (χ4v) is 2.52. The molecule has 0 saturated heterocycles. The van der Waals surface area contributed by atoms with E-state index >= 15 is 0 Å². The summed E-state index contributed by atoms with van der Waals surface area (Å²) in [6.07, 6.45) is 0. The molecule has 0 fully saturated rings. The second-order valence-corrected chi connectivity index (χ2v) is 5.25. The molecule has 2 aromatic heterocycles. The third-order valence-corrected chi connectivity index (χ3v) is 3.74. The number of hydrogen-bond donors (Lipinski definition) is 1. The molecule has 0 aliphatic heterocycles. The third-order valence-electron chi connectivity index (χ3n) is 3.74. The third kappa shape index (κ3) is 2.44. The first-order valence-electron chi connectivity index (χ1n) is 7.35. The first kappa shape index (κ1) is 14.2. The molecule has 0 unspecified atom stereocenters. The van der Waals surface area contributed by atoms with Gasteiger partial charge in [-0.05, 0) is 35.7 Å². The van der Waals surface area contributed by atoms with Crippen molar-refractivity contribution < 1.29 is 9.26 Å². The van der Waals surface area contributed by atoms with E-state index in [1.54, 1.807) is 19.2 Å². The van der Waals surface area contributed by atoms with Crippen LogP contribution >= 0.6 is 0 Å². The first-order chi connectivity index (χ1) is 11.7. The van der Waals surface area contributed by atoms with Gasteiger partial charge in [0.1, 0.15) is 5.75 Å². The summed E-state index contributed by atoms with van der Waals surface area (Å²) in [5, 5.41) is 4.84. The minimum absolute atomic E-state index is 0.250. The normalized spacial score (nSPS) is 10.9. The van der Waals surface area contributed by atoms with E-state index < -0.39 is 0 Å². The smallest absolute Gasteiger partial charge is 0.259 e. The molecule has 0 spiro atoms. The Kier molecular flexibility index (Phi) is 3.35. The predicted molar refractivity (Wildman–Crippen MR) is 89.8 cm³/mol. The Hall–Kier alpha value is -3.41. The van der Waals surface area contributed by atoms with Crippen LogP contribution in [0.25, 0.3) is 33.7 Å². The van der Waals surface area contributed by atoms with Gasteiger partial charge in [0.2, 0.25) is 5.82 Å². The summed E-state index contributed by atoms with van der Waals surface area (Å²) in [6.45, 7) is 0. The summed E-state index contributed by atoms with van der Waals surface area (Å²) >= 11 is 0. The van der Waals surface area contributed by atoms with Crippen LogP contribution in [-0.4, -0.2) is 22.2 Å². The van der Waals surface area contributed by atoms with E-state index in [0.717, 1.165) is 16.5 Å². The predicted octanol–water partition coefficient (Wildman–Crippen LogP) is 3.25. The molecule has 24 heavy (non-hydrogen) atoms. The molecule has 118 valence electrons. The Morgan fingerprint density at radius 3 is 2.83 bits per heavy atom. The van der Waals surface area contributed by atoms with Gasteiger partial charge in [-0.25, -0.2) is 0 Å². The van der Waals surface area contributed by atoms with Gasteiger partial charge in [0, 0.05) is 11.1 Å². The van der Waals surface area contributed by atoms with E-state index in [0.29, 0.717) is 17.2 Å². The quantitative estimate of drug-likeness (QED) is 0.627. The van der Waals surface area contributed by atoms with Crippen molar-refractivity contribution in [3.05, 3.63) is 65.0 Å². The van der Waals surface area contributed by atoms with Crippen LogP contribution in [0.3, 0.4) is 0 Å².